The number of nitrogens with one attached hydrogen (secondary N) is 1. The molecule has 7 heteroatoms. The Balaban J connectivity index is 2.26. The van der Waals surface area contributed by atoms with Crippen molar-refractivity contribution in [3.8, 4) is 0 Å². The first-order chi connectivity index (χ1) is 8.54. The molecule has 1 saturated carbocycles. The van der Waals surface area contributed by atoms with Gasteiger partial charge in [0.15, 0.2) is 0 Å². The molecule has 7 nitrogen and oxygen atoms in total. The molecule has 1 N–H and O–H groups in total. The minimum atomic E-state index is -0.387. The van der Waals surface area contributed by atoms with Crippen LogP contribution in [0.4, 0.5) is 11.5 Å². The largest absolute Gasteiger partial charge is 0.379 e. The average Bonchev–Trinajstić information content (AvgIpc) is 2.84. The van der Waals surface area contributed by atoms with Crippen molar-refractivity contribution < 1.29 is 9.66 Å². The smallest absolute Gasteiger partial charge is 0.333 e. The summed E-state index contributed by atoms with van der Waals surface area (Å²) >= 11 is 0. The number of aryl methyl sites for hydroxylation is 2. The van der Waals surface area contributed by atoms with Crippen molar-refractivity contribution in [2.45, 2.75) is 38.3 Å². The number of rotatable bonds is 4. The van der Waals surface area contributed by atoms with E-state index in [1.165, 1.54) is 4.68 Å². The van der Waals surface area contributed by atoms with Crippen molar-refractivity contribution in [3.63, 3.8) is 0 Å². The molecule has 100 valence electrons. The highest BCUT2D eigenvalue weighted by Crippen LogP contribution is 2.31. The highest BCUT2D eigenvalue weighted by atomic mass is 16.6. The van der Waals surface area contributed by atoms with Crippen LogP contribution in [0.25, 0.3) is 0 Å². The van der Waals surface area contributed by atoms with Crippen LogP contribution in [0.3, 0.4) is 0 Å². The van der Waals surface area contributed by atoms with Crippen molar-refractivity contribution in [3.05, 3.63) is 15.8 Å². The Morgan fingerprint density at radius 2 is 2.28 bits per heavy atom. The summed E-state index contributed by atoms with van der Waals surface area (Å²) in [4.78, 5) is 10.7. The van der Waals surface area contributed by atoms with E-state index in [1.807, 2.05) is 0 Å². The summed E-state index contributed by atoms with van der Waals surface area (Å²) in [5, 5.41) is 18.4. The van der Waals surface area contributed by atoms with Gasteiger partial charge in [0, 0.05) is 14.2 Å². The van der Waals surface area contributed by atoms with Crippen LogP contribution < -0.4 is 5.32 Å². The Morgan fingerprint density at radius 3 is 2.89 bits per heavy atom. The second-order valence-electron chi connectivity index (χ2n) is 4.62. The van der Waals surface area contributed by atoms with E-state index in [2.05, 4.69) is 10.4 Å². The fraction of sp³-hybridized carbons (Fsp3) is 0.727. The number of nitro groups is 1. The van der Waals surface area contributed by atoms with Gasteiger partial charge in [-0.2, -0.15) is 5.10 Å². The van der Waals surface area contributed by atoms with Crippen molar-refractivity contribution in [2.24, 2.45) is 7.05 Å². The van der Waals surface area contributed by atoms with Gasteiger partial charge < -0.3 is 10.1 Å². The number of hydrogen-bond donors (Lipinski definition) is 1. The van der Waals surface area contributed by atoms with Gasteiger partial charge in [-0.1, -0.05) is 0 Å². The molecule has 1 aliphatic rings. The van der Waals surface area contributed by atoms with E-state index in [9.17, 15) is 10.1 Å². The van der Waals surface area contributed by atoms with Crippen molar-refractivity contribution in [1.82, 2.24) is 9.78 Å². The zero-order chi connectivity index (χ0) is 13.3. The molecular formula is C11H18N4O3. The molecule has 0 aromatic carbocycles. The summed E-state index contributed by atoms with van der Waals surface area (Å²) < 4.78 is 6.91. The van der Waals surface area contributed by atoms with Crippen LogP contribution in [0.15, 0.2) is 0 Å². The Hall–Kier alpha value is -1.63. The van der Waals surface area contributed by atoms with Crippen LogP contribution in [0.2, 0.25) is 0 Å². The maximum Gasteiger partial charge on any atom is 0.333 e. The second-order valence-corrected chi connectivity index (χ2v) is 4.62. The van der Waals surface area contributed by atoms with Crippen LogP contribution in [-0.2, 0) is 11.8 Å². The van der Waals surface area contributed by atoms with Gasteiger partial charge in [-0.25, -0.2) is 4.68 Å². The van der Waals surface area contributed by atoms with Crippen molar-refractivity contribution in [2.75, 3.05) is 12.4 Å². The number of ether oxygens (including phenoxy) is 1. The van der Waals surface area contributed by atoms with Gasteiger partial charge >= 0.3 is 5.69 Å². The van der Waals surface area contributed by atoms with Gasteiger partial charge in [-0.05, 0) is 26.2 Å². The first-order valence-electron chi connectivity index (χ1n) is 6.02. The van der Waals surface area contributed by atoms with Gasteiger partial charge in [-0.15, -0.1) is 0 Å². The topological polar surface area (TPSA) is 82.2 Å². The lowest BCUT2D eigenvalue weighted by Crippen LogP contribution is -2.30. The normalized spacial score (nSPS) is 23.3. The summed E-state index contributed by atoms with van der Waals surface area (Å²) in [7, 11) is 3.38. The molecule has 0 radical (unpaired) electrons. The molecule has 2 unspecified atom stereocenters. The summed E-state index contributed by atoms with van der Waals surface area (Å²) in [5.41, 5.74) is 0.483. The molecule has 0 saturated heterocycles. The molecular weight excluding hydrogens is 236 g/mol. The Kier molecular flexibility index (Phi) is 3.51. The minimum absolute atomic E-state index is 0.0549. The molecule has 0 bridgehead atoms. The molecule has 1 aromatic heterocycles. The molecule has 1 aromatic rings. The molecule has 1 fully saturated rings. The summed E-state index contributed by atoms with van der Waals surface area (Å²) in [6.07, 6.45) is 3.12. The molecule has 18 heavy (non-hydrogen) atoms. The van der Waals surface area contributed by atoms with E-state index in [4.69, 9.17) is 4.74 Å². The lowest BCUT2D eigenvalue weighted by Gasteiger charge is -2.20. The fourth-order valence-electron chi connectivity index (χ4n) is 2.58. The third kappa shape index (κ3) is 2.17. The number of anilines is 1. The van der Waals surface area contributed by atoms with E-state index < -0.39 is 0 Å². The minimum Gasteiger partial charge on any atom is -0.379 e. The second kappa shape index (κ2) is 4.93. The van der Waals surface area contributed by atoms with E-state index in [0.29, 0.717) is 11.5 Å². The molecule has 2 atom stereocenters. The van der Waals surface area contributed by atoms with Gasteiger partial charge in [0.05, 0.1) is 17.1 Å². The predicted octanol–water partition coefficient (Wildman–Crippen LogP) is 1.62. The quantitative estimate of drug-likeness (QED) is 0.652. The molecule has 1 aliphatic carbocycles. The molecule has 0 spiro atoms. The van der Waals surface area contributed by atoms with Gasteiger partial charge in [0.1, 0.15) is 5.69 Å². The van der Waals surface area contributed by atoms with Gasteiger partial charge in [0.25, 0.3) is 0 Å². The standard InChI is InChI=1S/C11H18N4O3/c1-7-10(15(16)17)11(14(2)13-7)12-8-5-4-6-9(8)18-3/h8-9,12H,4-6H2,1-3H3. The monoisotopic (exact) mass is 254 g/mol. The Labute approximate surface area is 105 Å². The molecule has 1 heterocycles. The number of hydrogen-bond acceptors (Lipinski definition) is 5. The summed E-state index contributed by atoms with van der Waals surface area (Å²) in [6.45, 7) is 1.64. The zero-order valence-corrected chi connectivity index (χ0v) is 10.8. The first-order valence-corrected chi connectivity index (χ1v) is 6.02. The SMILES string of the molecule is COC1CCCC1Nc1c([N+](=O)[O-])c(C)nn1C. The lowest BCUT2D eigenvalue weighted by molar-refractivity contribution is -0.384. The maximum atomic E-state index is 11.1. The van der Waals surface area contributed by atoms with E-state index in [1.54, 1.807) is 21.1 Å². The van der Waals surface area contributed by atoms with E-state index in [0.717, 1.165) is 19.3 Å². The highest BCUT2D eigenvalue weighted by Gasteiger charge is 2.31. The van der Waals surface area contributed by atoms with Crippen LogP contribution in [0, 0.1) is 17.0 Å². The zero-order valence-electron chi connectivity index (χ0n) is 10.8. The third-order valence-electron chi connectivity index (χ3n) is 3.45. The van der Waals surface area contributed by atoms with E-state index >= 15 is 0 Å². The van der Waals surface area contributed by atoms with Crippen molar-refractivity contribution >= 4 is 11.5 Å². The predicted molar refractivity (Wildman–Crippen MR) is 66.7 cm³/mol. The Bertz CT molecular complexity index is 457. The van der Waals surface area contributed by atoms with Gasteiger partial charge in [-0.3, -0.25) is 10.1 Å². The molecule has 0 amide bonds. The highest BCUT2D eigenvalue weighted by molar-refractivity contribution is 5.60. The number of methoxy groups -OCH3 is 1. The first kappa shape index (κ1) is 12.8. The average molecular weight is 254 g/mol. The Morgan fingerprint density at radius 1 is 1.56 bits per heavy atom. The summed E-state index contributed by atoms with van der Waals surface area (Å²) in [5.74, 6) is 0.464. The summed E-state index contributed by atoms with van der Waals surface area (Å²) in [6, 6.07) is 0.114. The number of nitrogens with zero attached hydrogens (tertiary/aromatic N) is 3. The fourth-order valence-corrected chi connectivity index (χ4v) is 2.58. The third-order valence-corrected chi connectivity index (χ3v) is 3.45. The molecule has 0 aliphatic heterocycles. The van der Waals surface area contributed by atoms with Crippen LogP contribution in [-0.4, -0.2) is 34.0 Å². The van der Waals surface area contributed by atoms with Crippen LogP contribution in [0.5, 0.6) is 0 Å². The van der Waals surface area contributed by atoms with E-state index in [-0.39, 0.29) is 22.8 Å². The lowest BCUT2D eigenvalue weighted by atomic mass is 10.2. The maximum absolute atomic E-state index is 11.1. The van der Waals surface area contributed by atoms with Crippen LogP contribution >= 0.6 is 0 Å². The van der Waals surface area contributed by atoms with Crippen LogP contribution in [0.1, 0.15) is 25.0 Å². The molecule has 2 rings (SSSR count). The van der Waals surface area contributed by atoms with Gasteiger partial charge in [0.2, 0.25) is 5.82 Å². The van der Waals surface area contributed by atoms with Crippen molar-refractivity contribution in [1.29, 1.82) is 0 Å². The number of aromatic nitrogens is 2.